The predicted octanol–water partition coefficient (Wildman–Crippen LogP) is 2.65. The van der Waals surface area contributed by atoms with Crippen molar-refractivity contribution in [1.29, 1.82) is 0 Å². The Balaban J connectivity index is 2.27. The predicted molar refractivity (Wildman–Crippen MR) is 71.7 cm³/mol. The zero-order valence-corrected chi connectivity index (χ0v) is 11.8. The van der Waals surface area contributed by atoms with Crippen LogP contribution in [0.25, 0.3) is 0 Å². The highest BCUT2D eigenvalue weighted by Crippen LogP contribution is 2.21. The first kappa shape index (κ1) is 14.0. The van der Waals surface area contributed by atoms with E-state index in [0.717, 1.165) is 30.8 Å². The number of rotatable bonds is 6. The lowest BCUT2D eigenvalue weighted by Gasteiger charge is -2.29. The van der Waals surface area contributed by atoms with Crippen LogP contribution in [0, 0.1) is 17.8 Å². The zero-order chi connectivity index (χ0) is 12.2. The second-order valence-electron chi connectivity index (χ2n) is 6.37. The molecule has 1 atom stereocenters. The summed E-state index contributed by atoms with van der Waals surface area (Å²) < 4.78 is 0. The number of nitrogens with one attached hydrogen (secondary N) is 2. The maximum absolute atomic E-state index is 3.67. The SMILES string of the molecule is CC(C)C(CNCC1(C)CCCN1)C(C)C. The normalized spacial score (nSPS) is 26.2. The fourth-order valence-electron chi connectivity index (χ4n) is 2.86. The fourth-order valence-corrected chi connectivity index (χ4v) is 2.86. The molecule has 1 saturated heterocycles. The monoisotopic (exact) mass is 226 g/mol. The van der Waals surface area contributed by atoms with Crippen molar-refractivity contribution in [2.24, 2.45) is 17.8 Å². The van der Waals surface area contributed by atoms with Gasteiger partial charge in [0.05, 0.1) is 0 Å². The van der Waals surface area contributed by atoms with Crippen LogP contribution in [-0.4, -0.2) is 25.2 Å². The molecule has 0 aromatic heterocycles. The number of hydrogen-bond donors (Lipinski definition) is 2. The molecule has 1 rings (SSSR count). The van der Waals surface area contributed by atoms with Gasteiger partial charge in [-0.25, -0.2) is 0 Å². The summed E-state index contributed by atoms with van der Waals surface area (Å²) in [6, 6.07) is 0. The summed E-state index contributed by atoms with van der Waals surface area (Å²) >= 11 is 0. The Kier molecular flexibility index (Phi) is 5.26. The topological polar surface area (TPSA) is 24.1 Å². The van der Waals surface area contributed by atoms with Crippen LogP contribution in [0.15, 0.2) is 0 Å². The highest BCUT2D eigenvalue weighted by molar-refractivity contribution is 4.90. The first-order valence-electron chi connectivity index (χ1n) is 6.90. The van der Waals surface area contributed by atoms with Gasteiger partial charge in [-0.3, -0.25) is 0 Å². The summed E-state index contributed by atoms with van der Waals surface area (Å²) in [6.07, 6.45) is 2.64. The standard InChI is InChI=1S/C14H30N2/c1-11(2)13(12(3)4)9-15-10-14(5)7-6-8-16-14/h11-13,15-16H,6-10H2,1-5H3. The zero-order valence-electron chi connectivity index (χ0n) is 11.8. The maximum atomic E-state index is 3.67. The third-order valence-electron chi connectivity index (χ3n) is 4.06. The first-order chi connectivity index (χ1) is 7.44. The van der Waals surface area contributed by atoms with Crippen LogP contribution in [0.2, 0.25) is 0 Å². The van der Waals surface area contributed by atoms with E-state index in [-0.39, 0.29) is 0 Å². The third kappa shape index (κ3) is 4.06. The summed E-state index contributed by atoms with van der Waals surface area (Å²) in [5, 5.41) is 7.27. The molecule has 0 amide bonds. The van der Waals surface area contributed by atoms with E-state index < -0.39 is 0 Å². The molecule has 0 bridgehead atoms. The molecule has 96 valence electrons. The molecular formula is C14H30N2. The third-order valence-corrected chi connectivity index (χ3v) is 4.06. The molecule has 1 aliphatic heterocycles. The molecule has 0 radical (unpaired) electrons. The molecular weight excluding hydrogens is 196 g/mol. The Morgan fingerprint density at radius 3 is 2.25 bits per heavy atom. The second kappa shape index (κ2) is 6.02. The van der Waals surface area contributed by atoms with Crippen molar-refractivity contribution in [3.05, 3.63) is 0 Å². The van der Waals surface area contributed by atoms with Crippen LogP contribution in [0.1, 0.15) is 47.5 Å². The Morgan fingerprint density at radius 1 is 1.19 bits per heavy atom. The van der Waals surface area contributed by atoms with Gasteiger partial charge < -0.3 is 10.6 Å². The lowest BCUT2D eigenvalue weighted by Crippen LogP contribution is -2.47. The van der Waals surface area contributed by atoms with Gasteiger partial charge in [0.25, 0.3) is 0 Å². The Bertz CT molecular complexity index is 185. The summed E-state index contributed by atoms with van der Waals surface area (Å²) in [7, 11) is 0. The second-order valence-corrected chi connectivity index (χ2v) is 6.37. The highest BCUT2D eigenvalue weighted by atomic mass is 15.0. The minimum Gasteiger partial charge on any atom is -0.315 e. The van der Waals surface area contributed by atoms with Crippen molar-refractivity contribution >= 4 is 0 Å². The van der Waals surface area contributed by atoms with Gasteiger partial charge in [0.15, 0.2) is 0 Å². The summed E-state index contributed by atoms with van der Waals surface area (Å²) in [5.41, 5.74) is 0.346. The quantitative estimate of drug-likeness (QED) is 0.727. The molecule has 2 nitrogen and oxygen atoms in total. The van der Waals surface area contributed by atoms with Gasteiger partial charge in [-0.2, -0.15) is 0 Å². The summed E-state index contributed by atoms with van der Waals surface area (Å²) in [4.78, 5) is 0. The molecule has 0 spiro atoms. The number of hydrogen-bond acceptors (Lipinski definition) is 2. The van der Waals surface area contributed by atoms with Gasteiger partial charge in [0.1, 0.15) is 0 Å². The minimum atomic E-state index is 0.346. The summed E-state index contributed by atoms with van der Waals surface area (Å²) in [6.45, 7) is 15.1. The summed E-state index contributed by atoms with van der Waals surface area (Å²) in [5.74, 6) is 2.35. The van der Waals surface area contributed by atoms with E-state index in [2.05, 4.69) is 45.3 Å². The maximum Gasteiger partial charge on any atom is 0.0278 e. The van der Waals surface area contributed by atoms with Crippen molar-refractivity contribution in [3.63, 3.8) is 0 Å². The lowest BCUT2D eigenvalue weighted by molar-refractivity contribution is 0.263. The van der Waals surface area contributed by atoms with Crippen molar-refractivity contribution in [1.82, 2.24) is 10.6 Å². The molecule has 1 aliphatic rings. The molecule has 0 aromatic carbocycles. The molecule has 16 heavy (non-hydrogen) atoms. The smallest absolute Gasteiger partial charge is 0.0278 e. The molecule has 2 N–H and O–H groups in total. The van der Waals surface area contributed by atoms with E-state index in [1.165, 1.54) is 19.4 Å². The fraction of sp³-hybridized carbons (Fsp3) is 1.00. The van der Waals surface area contributed by atoms with E-state index in [4.69, 9.17) is 0 Å². The van der Waals surface area contributed by atoms with Crippen molar-refractivity contribution in [2.45, 2.75) is 53.0 Å². The Hall–Kier alpha value is -0.0800. The van der Waals surface area contributed by atoms with Gasteiger partial charge in [0.2, 0.25) is 0 Å². The van der Waals surface area contributed by atoms with E-state index in [1.54, 1.807) is 0 Å². The first-order valence-corrected chi connectivity index (χ1v) is 6.90. The Morgan fingerprint density at radius 2 is 1.81 bits per heavy atom. The van der Waals surface area contributed by atoms with Gasteiger partial charge in [-0.1, -0.05) is 27.7 Å². The molecule has 1 unspecified atom stereocenters. The van der Waals surface area contributed by atoms with Crippen LogP contribution in [0.3, 0.4) is 0 Å². The molecule has 0 aliphatic carbocycles. The molecule has 1 fully saturated rings. The van der Waals surface area contributed by atoms with Gasteiger partial charge >= 0.3 is 0 Å². The van der Waals surface area contributed by atoms with Crippen LogP contribution in [0.4, 0.5) is 0 Å². The van der Waals surface area contributed by atoms with E-state index in [9.17, 15) is 0 Å². The minimum absolute atomic E-state index is 0.346. The lowest BCUT2D eigenvalue weighted by atomic mass is 9.85. The van der Waals surface area contributed by atoms with Crippen LogP contribution in [-0.2, 0) is 0 Å². The molecule has 2 heteroatoms. The van der Waals surface area contributed by atoms with Crippen LogP contribution >= 0.6 is 0 Å². The molecule has 1 heterocycles. The van der Waals surface area contributed by atoms with E-state index in [0.29, 0.717) is 5.54 Å². The average Bonchev–Trinajstić information content (AvgIpc) is 2.59. The van der Waals surface area contributed by atoms with Crippen LogP contribution < -0.4 is 10.6 Å². The van der Waals surface area contributed by atoms with Crippen molar-refractivity contribution in [3.8, 4) is 0 Å². The molecule has 0 aromatic rings. The molecule has 0 saturated carbocycles. The highest BCUT2D eigenvalue weighted by Gasteiger charge is 2.27. The van der Waals surface area contributed by atoms with Gasteiger partial charge in [-0.15, -0.1) is 0 Å². The largest absolute Gasteiger partial charge is 0.315 e. The van der Waals surface area contributed by atoms with E-state index >= 15 is 0 Å². The van der Waals surface area contributed by atoms with Gasteiger partial charge in [0, 0.05) is 12.1 Å². The Labute approximate surface area is 102 Å². The van der Waals surface area contributed by atoms with Crippen molar-refractivity contribution < 1.29 is 0 Å². The van der Waals surface area contributed by atoms with E-state index in [1.807, 2.05) is 0 Å². The van der Waals surface area contributed by atoms with Crippen LogP contribution in [0.5, 0.6) is 0 Å². The average molecular weight is 226 g/mol. The van der Waals surface area contributed by atoms with Crippen molar-refractivity contribution in [2.75, 3.05) is 19.6 Å². The van der Waals surface area contributed by atoms with Gasteiger partial charge in [-0.05, 0) is 50.6 Å².